The molecule has 2 aromatic rings. The van der Waals surface area contributed by atoms with Crippen molar-refractivity contribution in [2.24, 2.45) is 5.92 Å². The summed E-state index contributed by atoms with van der Waals surface area (Å²) >= 11 is 5.97. The molecule has 0 atom stereocenters. The molecule has 1 saturated heterocycles. The first-order valence-electron chi connectivity index (χ1n) is 8.32. The Morgan fingerprint density at radius 3 is 2.67 bits per heavy atom. The lowest BCUT2D eigenvalue weighted by molar-refractivity contribution is 0.181. The van der Waals surface area contributed by atoms with Crippen LogP contribution < -0.4 is 10.6 Å². The van der Waals surface area contributed by atoms with Gasteiger partial charge in [-0.05, 0) is 56.1 Å². The van der Waals surface area contributed by atoms with E-state index in [9.17, 15) is 0 Å². The molecule has 2 N–H and O–H groups in total. The zero-order chi connectivity index (χ0) is 16.8. The number of benzene rings is 1. The number of piperidine rings is 1. The van der Waals surface area contributed by atoms with Crippen LogP contribution in [0.2, 0.25) is 5.02 Å². The lowest BCUT2D eigenvalue weighted by Crippen LogP contribution is -2.31. The lowest BCUT2D eigenvalue weighted by Gasteiger charge is -2.23. The Hall–Kier alpha value is -1.69. The van der Waals surface area contributed by atoms with Gasteiger partial charge in [-0.3, -0.25) is 0 Å². The first-order valence-corrected chi connectivity index (χ1v) is 8.70. The molecule has 1 aliphatic heterocycles. The molecule has 1 aromatic carbocycles. The minimum Gasteiger partial charge on any atom is -0.378 e. The predicted octanol–water partition coefficient (Wildman–Crippen LogP) is 3.35. The zero-order valence-electron chi connectivity index (χ0n) is 13.9. The van der Waals surface area contributed by atoms with E-state index in [-0.39, 0.29) is 0 Å². The van der Waals surface area contributed by atoms with E-state index in [0.29, 0.717) is 23.4 Å². The smallest absolute Gasteiger partial charge is 0.161 e. The van der Waals surface area contributed by atoms with Crippen molar-refractivity contribution in [3.8, 4) is 11.4 Å². The van der Waals surface area contributed by atoms with Gasteiger partial charge in [-0.25, -0.2) is 9.97 Å². The summed E-state index contributed by atoms with van der Waals surface area (Å²) in [5.74, 6) is 2.22. The maximum absolute atomic E-state index is 5.97. The number of aromatic nitrogens is 2. The van der Waals surface area contributed by atoms with Crippen molar-refractivity contribution >= 4 is 17.4 Å². The van der Waals surface area contributed by atoms with Crippen molar-refractivity contribution in [2.75, 3.05) is 32.1 Å². The second kappa shape index (κ2) is 8.42. The van der Waals surface area contributed by atoms with E-state index in [1.54, 1.807) is 7.11 Å². The van der Waals surface area contributed by atoms with Crippen LogP contribution in [0.3, 0.4) is 0 Å². The maximum Gasteiger partial charge on any atom is 0.161 e. The molecule has 5 nitrogen and oxygen atoms in total. The summed E-state index contributed by atoms with van der Waals surface area (Å²) < 4.78 is 5.24. The van der Waals surface area contributed by atoms with E-state index in [2.05, 4.69) is 20.6 Å². The predicted molar refractivity (Wildman–Crippen MR) is 97.3 cm³/mol. The van der Waals surface area contributed by atoms with Crippen LogP contribution in [0.15, 0.2) is 30.3 Å². The van der Waals surface area contributed by atoms with Crippen molar-refractivity contribution < 1.29 is 4.74 Å². The number of anilines is 1. The minimum atomic E-state index is 0.463. The maximum atomic E-state index is 5.97. The monoisotopic (exact) mass is 346 g/mol. The fourth-order valence-corrected chi connectivity index (χ4v) is 3.00. The molecule has 0 unspecified atom stereocenters. The second-order valence-corrected chi connectivity index (χ2v) is 6.52. The van der Waals surface area contributed by atoms with Crippen LogP contribution in [0.5, 0.6) is 0 Å². The van der Waals surface area contributed by atoms with Gasteiger partial charge in [0.05, 0.1) is 12.3 Å². The minimum absolute atomic E-state index is 0.463. The fourth-order valence-electron chi connectivity index (χ4n) is 2.87. The summed E-state index contributed by atoms with van der Waals surface area (Å²) in [5.41, 5.74) is 1.81. The average molecular weight is 347 g/mol. The van der Waals surface area contributed by atoms with Crippen LogP contribution in [0.4, 0.5) is 5.82 Å². The number of ether oxygens (including phenoxy) is 1. The summed E-state index contributed by atoms with van der Waals surface area (Å²) in [7, 11) is 1.67. The second-order valence-electron chi connectivity index (χ2n) is 6.08. The van der Waals surface area contributed by atoms with Crippen LogP contribution in [0.25, 0.3) is 11.4 Å². The fraction of sp³-hybridized carbons (Fsp3) is 0.444. The Morgan fingerprint density at radius 1 is 1.21 bits per heavy atom. The van der Waals surface area contributed by atoms with Gasteiger partial charge in [0.2, 0.25) is 0 Å². The van der Waals surface area contributed by atoms with Crippen molar-refractivity contribution in [1.82, 2.24) is 15.3 Å². The van der Waals surface area contributed by atoms with E-state index in [1.165, 1.54) is 12.8 Å². The Balaban J connectivity index is 1.78. The highest BCUT2D eigenvalue weighted by atomic mass is 35.5. The number of halogens is 1. The van der Waals surface area contributed by atoms with Crippen molar-refractivity contribution in [3.05, 3.63) is 41.0 Å². The summed E-state index contributed by atoms with van der Waals surface area (Å²) in [4.78, 5) is 9.25. The van der Waals surface area contributed by atoms with E-state index < -0.39 is 0 Å². The summed E-state index contributed by atoms with van der Waals surface area (Å²) in [6.45, 7) is 3.60. The number of hydrogen-bond donors (Lipinski definition) is 2. The van der Waals surface area contributed by atoms with Crippen LogP contribution in [-0.2, 0) is 11.3 Å². The van der Waals surface area contributed by atoms with Crippen molar-refractivity contribution in [2.45, 2.75) is 19.4 Å². The summed E-state index contributed by atoms with van der Waals surface area (Å²) in [5, 5.41) is 7.57. The standard InChI is InChI=1S/C18H23ClN4O/c1-24-12-16-10-17(21-11-13-6-8-20-9-7-13)23-18(22-16)14-2-4-15(19)5-3-14/h2-5,10,13,20H,6-9,11-12H2,1H3,(H,21,22,23). The first-order chi connectivity index (χ1) is 11.7. The van der Waals surface area contributed by atoms with Gasteiger partial charge in [-0.1, -0.05) is 11.6 Å². The lowest BCUT2D eigenvalue weighted by atomic mass is 9.98. The van der Waals surface area contributed by atoms with Gasteiger partial charge in [-0.15, -0.1) is 0 Å². The van der Waals surface area contributed by atoms with Gasteiger partial charge in [0.15, 0.2) is 5.82 Å². The highest BCUT2D eigenvalue weighted by Crippen LogP contribution is 2.21. The van der Waals surface area contributed by atoms with Gasteiger partial charge in [0, 0.05) is 30.3 Å². The van der Waals surface area contributed by atoms with Crippen LogP contribution in [-0.4, -0.2) is 36.7 Å². The molecule has 0 saturated carbocycles. The molecule has 0 spiro atoms. The van der Waals surface area contributed by atoms with Crippen LogP contribution >= 0.6 is 11.6 Å². The molecular weight excluding hydrogens is 324 g/mol. The topological polar surface area (TPSA) is 59.1 Å². The quantitative estimate of drug-likeness (QED) is 0.840. The van der Waals surface area contributed by atoms with Gasteiger partial charge in [0.1, 0.15) is 5.82 Å². The third-order valence-electron chi connectivity index (χ3n) is 4.20. The molecule has 2 heterocycles. The number of nitrogens with zero attached hydrogens (tertiary/aromatic N) is 2. The summed E-state index contributed by atoms with van der Waals surface area (Å²) in [6, 6.07) is 9.54. The van der Waals surface area contributed by atoms with Crippen molar-refractivity contribution in [1.29, 1.82) is 0 Å². The number of rotatable bonds is 6. The van der Waals surface area contributed by atoms with E-state index >= 15 is 0 Å². The van der Waals surface area contributed by atoms with Crippen molar-refractivity contribution in [3.63, 3.8) is 0 Å². The Morgan fingerprint density at radius 2 is 1.96 bits per heavy atom. The molecule has 1 fully saturated rings. The summed E-state index contributed by atoms with van der Waals surface area (Å²) in [6.07, 6.45) is 2.40. The van der Waals surface area contributed by atoms with E-state index in [1.807, 2.05) is 30.3 Å². The highest BCUT2D eigenvalue weighted by Gasteiger charge is 2.13. The molecule has 0 aliphatic carbocycles. The molecule has 1 aliphatic rings. The van der Waals surface area contributed by atoms with E-state index in [4.69, 9.17) is 16.3 Å². The third-order valence-corrected chi connectivity index (χ3v) is 4.46. The highest BCUT2D eigenvalue weighted by molar-refractivity contribution is 6.30. The molecule has 0 radical (unpaired) electrons. The molecule has 0 amide bonds. The first kappa shape index (κ1) is 17.1. The number of hydrogen-bond acceptors (Lipinski definition) is 5. The van der Waals surface area contributed by atoms with E-state index in [0.717, 1.165) is 36.7 Å². The average Bonchev–Trinajstić information content (AvgIpc) is 2.62. The van der Waals surface area contributed by atoms with Crippen LogP contribution in [0, 0.1) is 5.92 Å². The Labute approximate surface area is 147 Å². The van der Waals surface area contributed by atoms with Gasteiger partial charge in [0.25, 0.3) is 0 Å². The molecule has 3 rings (SSSR count). The third kappa shape index (κ3) is 4.66. The van der Waals surface area contributed by atoms with Gasteiger partial charge in [-0.2, -0.15) is 0 Å². The molecule has 0 bridgehead atoms. The zero-order valence-corrected chi connectivity index (χ0v) is 14.6. The molecule has 1 aromatic heterocycles. The van der Waals surface area contributed by atoms with Gasteiger partial charge >= 0.3 is 0 Å². The normalized spacial score (nSPS) is 15.4. The number of nitrogens with one attached hydrogen (secondary N) is 2. The Bertz CT molecular complexity index is 657. The molecular formula is C18H23ClN4O. The van der Waals surface area contributed by atoms with Crippen LogP contribution in [0.1, 0.15) is 18.5 Å². The molecule has 6 heteroatoms. The number of methoxy groups -OCH3 is 1. The largest absolute Gasteiger partial charge is 0.378 e. The Kier molecular flexibility index (Phi) is 6.01. The molecule has 128 valence electrons. The molecule has 24 heavy (non-hydrogen) atoms. The SMILES string of the molecule is COCc1cc(NCC2CCNCC2)nc(-c2ccc(Cl)cc2)n1. The van der Waals surface area contributed by atoms with Gasteiger partial charge < -0.3 is 15.4 Å².